The third kappa shape index (κ3) is 4.35. The molecule has 0 atom stereocenters. The lowest BCUT2D eigenvalue weighted by Gasteiger charge is -2.07. The standard InChI is InChI=1S/C17H16FNO4/c1-2-23-16(22)9-8-15(21)17-14(20)7-6-13(19-17)11-4-3-5-12(18)10-11/h3-7,10,20H,2,8-9H2,1H3. The van der Waals surface area contributed by atoms with E-state index < -0.39 is 17.6 Å². The van der Waals surface area contributed by atoms with Gasteiger partial charge in [0.15, 0.2) is 5.78 Å². The maximum Gasteiger partial charge on any atom is 0.306 e. The van der Waals surface area contributed by atoms with Crippen molar-refractivity contribution in [2.75, 3.05) is 6.61 Å². The molecule has 2 rings (SSSR count). The Kier molecular flexibility index (Phi) is 5.41. The van der Waals surface area contributed by atoms with E-state index in [1.807, 2.05) is 0 Å². The molecular formula is C17H16FNO4. The van der Waals surface area contributed by atoms with Gasteiger partial charge in [-0.1, -0.05) is 12.1 Å². The highest BCUT2D eigenvalue weighted by Gasteiger charge is 2.16. The third-order valence-corrected chi connectivity index (χ3v) is 3.12. The molecular weight excluding hydrogens is 301 g/mol. The van der Waals surface area contributed by atoms with E-state index in [0.717, 1.165) is 0 Å². The predicted molar refractivity (Wildman–Crippen MR) is 81.5 cm³/mol. The minimum atomic E-state index is -0.485. The van der Waals surface area contributed by atoms with Gasteiger partial charge in [-0.15, -0.1) is 0 Å². The van der Waals surface area contributed by atoms with Gasteiger partial charge in [0.2, 0.25) is 0 Å². The van der Waals surface area contributed by atoms with Gasteiger partial charge < -0.3 is 9.84 Å². The van der Waals surface area contributed by atoms with E-state index in [1.54, 1.807) is 13.0 Å². The van der Waals surface area contributed by atoms with Crippen LogP contribution in [0.1, 0.15) is 30.3 Å². The van der Waals surface area contributed by atoms with Crippen LogP contribution in [0.5, 0.6) is 5.75 Å². The van der Waals surface area contributed by atoms with Crippen molar-refractivity contribution in [1.29, 1.82) is 0 Å². The smallest absolute Gasteiger partial charge is 0.306 e. The Bertz CT molecular complexity index is 730. The van der Waals surface area contributed by atoms with Gasteiger partial charge in [-0.25, -0.2) is 9.37 Å². The van der Waals surface area contributed by atoms with E-state index in [0.29, 0.717) is 11.3 Å². The quantitative estimate of drug-likeness (QED) is 0.654. The fourth-order valence-electron chi connectivity index (χ4n) is 2.03. The number of ketones is 1. The maximum absolute atomic E-state index is 13.3. The highest BCUT2D eigenvalue weighted by atomic mass is 19.1. The fraction of sp³-hybridized carbons (Fsp3) is 0.235. The molecule has 0 bridgehead atoms. The molecule has 0 aliphatic carbocycles. The first-order valence-electron chi connectivity index (χ1n) is 7.16. The van der Waals surface area contributed by atoms with Crippen LogP contribution in [0.2, 0.25) is 0 Å². The predicted octanol–water partition coefficient (Wildman–Crippen LogP) is 3.12. The second-order valence-electron chi connectivity index (χ2n) is 4.80. The summed E-state index contributed by atoms with van der Waals surface area (Å²) in [7, 11) is 0. The summed E-state index contributed by atoms with van der Waals surface area (Å²) >= 11 is 0. The Balaban J connectivity index is 2.20. The lowest BCUT2D eigenvalue weighted by Crippen LogP contribution is -2.09. The molecule has 1 aromatic carbocycles. The monoisotopic (exact) mass is 317 g/mol. The lowest BCUT2D eigenvalue weighted by atomic mass is 10.1. The fourth-order valence-corrected chi connectivity index (χ4v) is 2.03. The number of carbonyl (C=O) groups is 2. The average molecular weight is 317 g/mol. The van der Waals surface area contributed by atoms with Crippen LogP contribution in [0.4, 0.5) is 4.39 Å². The molecule has 0 amide bonds. The van der Waals surface area contributed by atoms with Gasteiger partial charge in [-0.3, -0.25) is 9.59 Å². The van der Waals surface area contributed by atoms with E-state index >= 15 is 0 Å². The topological polar surface area (TPSA) is 76.5 Å². The van der Waals surface area contributed by atoms with E-state index in [9.17, 15) is 19.1 Å². The first-order valence-corrected chi connectivity index (χ1v) is 7.16. The van der Waals surface area contributed by atoms with E-state index in [2.05, 4.69) is 4.98 Å². The van der Waals surface area contributed by atoms with Gasteiger partial charge in [0.05, 0.1) is 18.7 Å². The Hall–Kier alpha value is -2.76. The number of pyridine rings is 1. The third-order valence-electron chi connectivity index (χ3n) is 3.12. The number of esters is 1. The van der Waals surface area contributed by atoms with Crippen molar-refractivity contribution < 1.29 is 23.8 Å². The van der Waals surface area contributed by atoms with Crippen molar-refractivity contribution in [1.82, 2.24) is 4.98 Å². The van der Waals surface area contributed by atoms with Crippen LogP contribution >= 0.6 is 0 Å². The number of halogens is 1. The molecule has 1 aromatic heterocycles. The van der Waals surface area contributed by atoms with Gasteiger partial charge >= 0.3 is 5.97 Å². The number of hydrogen-bond acceptors (Lipinski definition) is 5. The number of aromatic hydroxyl groups is 1. The second-order valence-corrected chi connectivity index (χ2v) is 4.80. The normalized spacial score (nSPS) is 10.3. The van der Waals surface area contributed by atoms with E-state index in [1.165, 1.54) is 30.3 Å². The van der Waals surface area contributed by atoms with Crippen molar-refractivity contribution >= 4 is 11.8 Å². The molecule has 0 saturated carbocycles. The second kappa shape index (κ2) is 7.49. The molecule has 0 spiro atoms. The number of nitrogens with zero attached hydrogens (tertiary/aromatic N) is 1. The Morgan fingerprint density at radius 2 is 2.00 bits per heavy atom. The van der Waals surface area contributed by atoms with Gasteiger partial charge in [-0.2, -0.15) is 0 Å². The SMILES string of the molecule is CCOC(=O)CCC(=O)c1nc(-c2cccc(F)c2)ccc1O. The Labute approximate surface area is 132 Å². The van der Waals surface area contributed by atoms with Crippen molar-refractivity contribution in [3.63, 3.8) is 0 Å². The van der Waals surface area contributed by atoms with Crippen LogP contribution in [0.15, 0.2) is 36.4 Å². The van der Waals surface area contributed by atoms with Crippen LogP contribution in [0.25, 0.3) is 11.3 Å². The number of ether oxygens (including phenoxy) is 1. The summed E-state index contributed by atoms with van der Waals surface area (Å²) in [6, 6.07) is 8.58. The van der Waals surface area contributed by atoms with Crippen molar-refractivity contribution in [2.45, 2.75) is 19.8 Å². The lowest BCUT2D eigenvalue weighted by molar-refractivity contribution is -0.143. The number of Topliss-reactive ketones (excluding diaryl/α,β-unsaturated/α-hetero) is 1. The summed E-state index contributed by atoms with van der Waals surface area (Å²) in [4.78, 5) is 27.5. The number of hydrogen-bond donors (Lipinski definition) is 1. The zero-order valence-corrected chi connectivity index (χ0v) is 12.6. The molecule has 0 fully saturated rings. The maximum atomic E-state index is 13.3. The Morgan fingerprint density at radius 1 is 1.22 bits per heavy atom. The zero-order valence-electron chi connectivity index (χ0n) is 12.6. The molecule has 0 unspecified atom stereocenters. The number of benzene rings is 1. The van der Waals surface area contributed by atoms with Crippen LogP contribution in [0, 0.1) is 5.82 Å². The minimum Gasteiger partial charge on any atom is -0.506 e. The first kappa shape index (κ1) is 16.6. The number of rotatable bonds is 6. The summed E-state index contributed by atoms with van der Waals surface area (Å²) in [6.45, 7) is 1.92. The number of aromatic nitrogens is 1. The molecule has 0 aliphatic heterocycles. The molecule has 120 valence electrons. The zero-order chi connectivity index (χ0) is 16.8. The van der Waals surface area contributed by atoms with Crippen molar-refractivity contribution in [3.8, 4) is 17.0 Å². The molecule has 5 nitrogen and oxygen atoms in total. The molecule has 23 heavy (non-hydrogen) atoms. The van der Waals surface area contributed by atoms with Gasteiger partial charge in [0.1, 0.15) is 17.3 Å². The summed E-state index contributed by atoms with van der Waals surface area (Å²) in [6.07, 6.45) is -0.204. The summed E-state index contributed by atoms with van der Waals surface area (Å²) in [5.41, 5.74) is 0.710. The molecule has 0 radical (unpaired) electrons. The highest BCUT2D eigenvalue weighted by molar-refractivity contribution is 5.98. The molecule has 0 aliphatic rings. The summed E-state index contributed by atoms with van der Waals surface area (Å²) in [5, 5.41) is 9.80. The minimum absolute atomic E-state index is 0.0853. The van der Waals surface area contributed by atoms with Crippen LogP contribution < -0.4 is 0 Å². The molecule has 1 heterocycles. The van der Waals surface area contributed by atoms with Crippen LogP contribution in [-0.4, -0.2) is 28.4 Å². The van der Waals surface area contributed by atoms with Crippen LogP contribution in [0.3, 0.4) is 0 Å². The van der Waals surface area contributed by atoms with Crippen molar-refractivity contribution in [3.05, 3.63) is 47.9 Å². The molecule has 1 N–H and O–H groups in total. The van der Waals surface area contributed by atoms with Gasteiger partial charge in [0.25, 0.3) is 0 Å². The average Bonchev–Trinajstić information content (AvgIpc) is 2.53. The summed E-state index contributed by atoms with van der Waals surface area (Å²) in [5.74, 6) is -1.66. The summed E-state index contributed by atoms with van der Waals surface area (Å²) < 4.78 is 18.0. The largest absolute Gasteiger partial charge is 0.506 e. The molecule has 0 saturated heterocycles. The number of carbonyl (C=O) groups excluding carboxylic acids is 2. The molecule has 6 heteroatoms. The van der Waals surface area contributed by atoms with Crippen molar-refractivity contribution in [2.24, 2.45) is 0 Å². The van der Waals surface area contributed by atoms with Gasteiger partial charge in [-0.05, 0) is 31.2 Å². The Morgan fingerprint density at radius 3 is 2.70 bits per heavy atom. The van der Waals surface area contributed by atoms with E-state index in [4.69, 9.17) is 4.74 Å². The van der Waals surface area contributed by atoms with E-state index in [-0.39, 0.29) is 30.9 Å². The van der Waals surface area contributed by atoms with Gasteiger partial charge in [0, 0.05) is 12.0 Å². The first-order chi connectivity index (χ1) is 11.0. The highest BCUT2D eigenvalue weighted by Crippen LogP contribution is 2.24. The van der Waals surface area contributed by atoms with Crippen LogP contribution in [-0.2, 0) is 9.53 Å². The molecule has 2 aromatic rings.